The number of aryl methyl sites for hydroxylation is 1. The molecule has 0 amide bonds. The van der Waals surface area contributed by atoms with Crippen molar-refractivity contribution in [3.8, 4) is 5.75 Å². The monoisotopic (exact) mass is 415 g/mol. The maximum atomic E-state index is 5.92. The Morgan fingerprint density at radius 3 is 2.73 bits per heavy atom. The molecular formula is C25H25N3OS. The van der Waals surface area contributed by atoms with E-state index in [0.717, 1.165) is 30.1 Å². The van der Waals surface area contributed by atoms with E-state index in [1.807, 2.05) is 36.5 Å². The normalized spacial score (nSPS) is 11.9. The number of hydrogen-bond acceptors (Lipinski definition) is 5. The van der Waals surface area contributed by atoms with Crippen LogP contribution in [0, 0.1) is 6.92 Å². The minimum atomic E-state index is 0.151. The Morgan fingerprint density at radius 2 is 1.97 bits per heavy atom. The zero-order valence-electron chi connectivity index (χ0n) is 17.0. The van der Waals surface area contributed by atoms with E-state index in [9.17, 15) is 0 Å². The van der Waals surface area contributed by atoms with Crippen LogP contribution in [0.1, 0.15) is 34.1 Å². The van der Waals surface area contributed by atoms with Gasteiger partial charge in [0.05, 0.1) is 17.4 Å². The number of ether oxygens (including phenoxy) is 1. The van der Waals surface area contributed by atoms with Crippen LogP contribution in [0.5, 0.6) is 5.75 Å². The number of pyridine rings is 2. The third-order valence-corrected chi connectivity index (χ3v) is 5.61. The summed E-state index contributed by atoms with van der Waals surface area (Å²) in [4.78, 5) is 8.97. The highest BCUT2D eigenvalue weighted by molar-refractivity contribution is 7.07. The Balaban J connectivity index is 1.42. The van der Waals surface area contributed by atoms with Crippen molar-refractivity contribution < 1.29 is 4.74 Å². The van der Waals surface area contributed by atoms with Crippen LogP contribution in [-0.2, 0) is 19.6 Å². The Labute approximate surface area is 181 Å². The summed E-state index contributed by atoms with van der Waals surface area (Å²) in [5, 5.41) is 8.01. The highest BCUT2D eigenvalue weighted by Gasteiger charge is 2.14. The summed E-state index contributed by atoms with van der Waals surface area (Å²) >= 11 is 1.73. The molecule has 0 aliphatic heterocycles. The lowest BCUT2D eigenvalue weighted by molar-refractivity contribution is 0.301. The lowest BCUT2D eigenvalue weighted by Gasteiger charge is -2.18. The van der Waals surface area contributed by atoms with Gasteiger partial charge in [0.1, 0.15) is 12.4 Å². The largest absolute Gasteiger partial charge is 0.487 e. The fraction of sp³-hybridized carbons (Fsp3) is 0.200. The van der Waals surface area contributed by atoms with Gasteiger partial charge in [-0.2, -0.15) is 11.3 Å². The van der Waals surface area contributed by atoms with Gasteiger partial charge >= 0.3 is 0 Å². The van der Waals surface area contributed by atoms with Crippen LogP contribution in [-0.4, -0.2) is 9.97 Å². The topological polar surface area (TPSA) is 47.0 Å². The molecule has 0 radical (unpaired) electrons. The lowest BCUT2D eigenvalue weighted by atomic mass is 10.0. The van der Waals surface area contributed by atoms with Gasteiger partial charge in [0.15, 0.2) is 0 Å². The van der Waals surface area contributed by atoms with E-state index in [1.54, 1.807) is 17.5 Å². The standard InChI is InChI=1S/C25H25N3OS/c1-19-8-9-24(27-15-19)25(14-21-10-12-30-18-21)28-16-20-5-4-7-23(13-20)29-17-22-6-2-3-11-26-22/h2-13,15,18,25,28H,14,16-17H2,1H3/t25-/m0/s1. The highest BCUT2D eigenvalue weighted by atomic mass is 32.1. The zero-order valence-corrected chi connectivity index (χ0v) is 17.8. The zero-order chi connectivity index (χ0) is 20.6. The average molecular weight is 416 g/mol. The van der Waals surface area contributed by atoms with E-state index in [0.29, 0.717) is 6.61 Å². The van der Waals surface area contributed by atoms with E-state index < -0.39 is 0 Å². The van der Waals surface area contributed by atoms with Gasteiger partial charge in [-0.1, -0.05) is 24.3 Å². The van der Waals surface area contributed by atoms with Crippen LogP contribution in [0.15, 0.2) is 83.8 Å². The van der Waals surface area contributed by atoms with Crippen molar-refractivity contribution in [1.82, 2.24) is 15.3 Å². The number of rotatable bonds is 9. The average Bonchev–Trinajstić information content (AvgIpc) is 3.30. The van der Waals surface area contributed by atoms with Gasteiger partial charge in [-0.15, -0.1) is 0 Å². The summed E-state index contributed by atoms with van der Waals surface area (Å²) in [6, 6.07) is 20.6. The van der Waals surface area contributed by atoms with Gasteiger partial charge in [-0.05, 0) is 77.2 Å². The van der Waals surface area contributed by atoms with Gasteiger partial charge in [-0.25, -0.2) is 0 Å². The summed E-state index contributed by atoms with van der Waals surface area (Å²) in [6.45, 7) is 3.27. The molecule has 4 aromatic rings. The number of thiophene rings is 1. The number of hydrogen-bond donors (Lipinski definition) is 1. The van der Waals surface area contributed by atoms with E-state index in [4.69, 9.17) is 4.74 Å². The number of benzene rings is 1. The molecule has 0 fully saturated rings. The van der Waals surface area contributed by atoms with Crippen molar-refractivity contribution in [1.29, 1.82) is 0 Å². The minimum Gasteiger partial charge on any atom is -0.487 e. The first-order valence-corrected chi connectivity index (χ1v) is 11.0. The predicted molar refractivity (Wildman–Crippen MR) is 122 cm³/mol. The first-order chi connectivity index (χ1) is 14.8. The molecule has 3 aromatic heterocycles. The summed E-state index contributed by atoms with van der Waals surface area (Å²) in [5.74, 6) is 0.850. The van der Waals surface area contributed by atoms with E-state index in [-0.39, 0.29) is 6.04 Å². The molecule has 4 nitrogen and oxygen atoms in total. The second-order valence-corrected chi connectivity index (χ2v) is 8.07. The summed E-state index contributed by atoms with van der Waals surface area (Å²) < 4.78 is 5.92. The Kier molecular flexibility index (Phi) is 6.85. The fourth-order valence-corrected chi connectivity index (χ4v) is 3.92. The molecule has 1 N–H and O–H groups in total. The minimum absolute atomic E-state index is 0.151. The quantitative estimate of drug-likeness (QED) is 0.392. The van der Waals surface area contributed by atoms with Gasteiger partial charge in [0.25, 0.3) is 0 Å². The third kappa shape index (κ3) is 5.75. The van der Waals surface area contributed by atoms with Crippen LogP contribution in [0.4, 0.5) is 0 Å². The van der Waals surface area contributed by atoms with Crippen molar-refractivity contribution in [2.24, 2.45) is 0 Å². The molecule has 152 valence electrons. The first-order valence-electron chi connectivity index (χ1n) is 10.0. The van der Waals surface area contributed by atoms with Crippen LogP contribution in [0.25, 0.3) is 0 Å². The molecule has 0 aliphatic carbocycles. The van der Waals surface area contributed by atoms with Gasteiger partial charge in [-0.3, -0.25) is 9.97 Å². The van der Waals surface area contributed by atoms with Crippen molar-refractivity contribution >= 4 is 11.3 Å². The first kappa shape index (κ1) is 20.3. The number of nitrogens with one attached hydrogen (secondary N) is 1. The Bertz CT molecular complexity index is 1030. The van der Waals surface area contributed by atoms with Crippen LogP contribution in [0.3, 0.4) is 0 Å². The van der Waals surface area contributed by atoms with Gasteiger partial charge in [0, 0.05) is 18.9 Å². The van der Waals surface area contributed by atoms with Crippen molar-refractivity contribution in [3.05, 3.63) is 112 Å². The predicted octanol–water partition coefficient (Wildman–Crippen LogP) is 5.50. The lowest BCUT2D eigenvalue weighted by Crippen LogP contribution is -2.23. The van der Waals surface area contributed by atoms with Crippen LogP contribution >= 0.6 is 11.3 Å². The van der Waals surface area contributed by atoms with E-state index >= 15 is 0 Å². The van der Waals surface area contributed by atoms with Crippen molar-refractivity contribution in [2.45, 2.75) is 32.5 Å². The number of nitrogens with zero attached hydrogens (tertiary/aromatic N) is 2. The Morgan fingerprint density at radius 1 is 1.00 bits per heavy atom. The molecule has 0 saturated carbocycles. The SMILES string of the molecule is Cc1ccc([C@H](Cc2ccsc2)NCc2cccc(OCc3ccccn3)c2)nc1. The van der Waals surface area contributed by atoms with E-state index in [1.165, 1.54) is 16.7 Å². The molecule has 0 aliphatic rings. The smallest absolute Gasteiger partial charge is 0.130 e. The maximum Gasteiger partial charge on any atom is 0.130 e. The molecule has 0 unspecified atom stereocenters. The van der Waals surface area contributed by atoms with Crippen LogP contribution in [0.2, 0.25) is 0 Å². The molecule has 4 rings (SSSR count). The highest BCUT2D eigenvalue weighted by Crippen LogP contribution is 2.21. The summed E-state index contributed by atoms with van der Waals surface area (Å²) in [6.07, 6.45) is 4.63. The molecule has 5 heteroatoms. The maximum absolute atomic E-state index is 5.92. The molecular weight excluding hydrogens is 390 g/mol. The van der Waals surface area contributed by atoms with Crippen LogP contribution < -0.4 is 10.1 Å². The van der Waals surface area contributed by atoms with Crippen molar-refractivity contribution in [2.75, 3.05) is 0 Å². The van der Waals surface area contributed by atoms with E-state index in [2.05, 4.69) is 63.3 Å². The number of aromatic nitrogens is 2. The molecule has 1 aromatic carbocycles. The third-order valence-electron chi connectivity index (χ3n) is 4.88. The van der Waals surface area contributed by atoms with Gasteiger partial charge < -0.3 is 10.1 Å². The van der Waals surface area contributed by atoms with Gasteiger partial charge in [0.2, 0.25) is 0 Å². The molecule has 0 bridgehead atoms. The Hall–Kier alpha value is -3.02. The molecule has 3 heterocycles. The molecule has 0 saturated heterocycles. The second-order valence-electron chi connectivity index (χ2n) is 7.29. The fourth-order valence-electron chi connectivity index (χ4n) is 3.24. The summed E-state index contributed by atoms with van der Waals surface area (Å²) in [5.41, 5.74) is 5.66. The second kappa shape index (κ2) is 10.1. The summed E-state index contributed by atoms with van der Waals surface area (Å²) in [7, 11) is 0. The van der Waals surface area contributed by atoms with Crippen molar-refractivity contribution in [3.63, 3.8) is 0 Å². The molecule has 0 spiro atoms. The molecule has 30 heavy (non-hydrogen) atoms. The molecule has 1 atom stereocenters.